The molecule has 0 spiro atoms. The minimum Gasteiger partial charge on any atom is -0.480 e. The fraction of sp³-hybridized carbons (Fsp3) is 0.778. The van der Waals surface area contributed by atoms with Crippen LogP contribution in [0.25, 0.3) is 0 Å². The van der Waals surface area contributed by atoms with E-state index in [1.54, 1.807) is 6.92 Å². The maximum atomic E-state index is 11.6. The Hall–Kier alpha value is -1.14. The van der Waals surface area contributed by atoms with Crippen molar-refractivity contribution in [3.05, 3.63) is 0 Å². The van der Waals surface area contributed by atoms with Crippen LogP contribution in [-0.2, 0) is 14.3 Å². The van der Waals surface area contributed by atoms with E-state index in [-0.39, 0.29) is 17.9 Å². The van der Waals surface area contributed by atoms with Gasteiger partial charge in [0.2, 0.25) is 5.91 Å². The quantitative estimate of drug-likeness (QED) is 0.559. The normalized spacial score (nSPS) is 27.3. The molecule has 0 saturated carbocycles. The summed E-state index contributed by atoms with van der Waals surface area (Å²) in [6.07, 6.45) is 0.392. The molecule has 1 aliphatic rings. The van der Waals surface area contributed by atoms with Crippen LogP contribution in [0.5, 0.6) is 0 Å². The van der Waals surface area contributed by atoms with E-state index in [4.69, 9.17) is 14.9 Å². The lowest BCUT2D eigenvalue weighted by Crippen LogP contribution is -2.46. The minimum absolute atomic E-state index is 0.196. The lowest BCUT2D eigenvalue weighted by molar-refractivity contribution is -0.143. The predicted octanol–water partition coefficient (Wildman–Crippen LogP) is -1.03. The lowest BCUT2D eigenvalue weighted by Gasteiger charge is -2.17. The average molecular weight is 217 g/mol. The number of nitrogens with one attached hydrogen (secondary N) is 1. The number of rotatable bonds is 4. The average Bonchev–Trinajstić information content (AvgIpc) is 2.60. The van der Waals surface area contributed by atoms with Crippen LogP contribution in [0.15, 0.2) is 0 Å². The molecule has 0 aromatic heterocycles. The zero-order valence-electron chi connectivity index (χ0n) is 8.47. The first-order valence-corrected chi connectivity index (χ1v) is 4.82. The van der Waals surface area contributed by atoms with Crippen molar-refractivity contribution < 1.29 is 24.5 Å². The van der Waals surface area contributed by atoms with Crippen LogP contribution >= 0.6 is 0 Å². The number of aliphatic carboxylic acids is 1. The zero-order chi connectivity index (χ0) is 11.4. The van der Waals surface area contributed by atoms with Crippen LogP contribution in [0.1, 0.15) is 13.3 Å². The number of hydrogen-bond donors (Lipinski definition) is 3. The van der Waals surface area contributed by atoms with Gasteiger partial charge in [-0.3, -0.25) is 4.79 Å². The molecule has 15 heavy (non-hydrogen) atoms. The number of ether oxygens (including phenoxy) is 1. The summed E-state index contributed by atoms with van der Waals surface area (Å²) in [5.41, 5.74) is 0. The maximum Gasteiger partial charge on any atom is 0.328 e. The van der Waals surface area contributed by atoms with E-state index >= 15 is 0 Å². The predicted molar refractivity (Wildman–Crippen MR) is 50.2 cm³/mol. The first kappa shape index (κ1) is 11.9. The van der Waals surface area contributed by atoms with Crippen LogP contribution < -0.4 is 5.32 Å². The Bertz CT molecular complexity index is 255. The maximum absolute atomic E-state index is 11.6. The van der Waals surface area contributed by atoms with E-state index in [1.807, 2.05) is 0 Å². The molecule has 1 fully saturated rings. The summed E-state index contributed by atoms with van der Waals surface area (Å²) in [4.78, 5) is 22.1. The van der Waals surface area contributed by atoms with Gasteiger partial charge >= 0.3 is 5.97 Å². The Labute approximate surface area is 87.2 Å². The van der Waals surface area contributed by atoms with Crippen molar-refractivity contribution in [2.75, 3.05) is 13.2 Å². The van der Waals surface area contributed by atoms with Gasteiger partial charge in [-0.1, -0.05) is 0 Å². The summed E-state index contributed by atoms with van der Waals surface area (Å²) in [6.45, 7) is 1.67. The topological polar surface area (TPSA) is 95.9 Å². The van der Waals surface area contributed by atoms with Gasteiger partial charge in [0.1, 0.15) is 6.04 Å². The van der Waals surface area contributed by atoms with Crippen LogP contribution in [0.3, 0.4) is 0 Å². The number of carbonyl (C=O) groups is 2. The molecule has 86 valence electrons. The molecule has 6 nitrogen and oxygen atoms in total. The van der Waals surface area contributed by atoms with Gasteiger partial charge in [-0.2, -0.15) is 0 Å². The highest BCUT2D eigenvalue weighted by Crippen LogP contribution is 2.20. The fourth-order valence-corrected chi connectivity index (χ4v) is 1.54. The number of aliphatic hydroxyl groups is 1. The first-order chi connectivity index (χ1) is 7.06. The number of hydrogen-bond acceptors (Lipinski definition) is 4. The Kier molecular flexibility index (Phi) is 4.05. The van der Waals surface area contributed by atoms with Gasteiger partial charge in [0.15, 0.2) is 0 Å². The molecule has 0 aromatic carbocycles. The van der Waals surface area contributed by atoms with Gasteiger partial charge < -0.3 is 20.3 Å². The molecule has 0 aliphatic carbocycles. The number of aliphatic hydroxyl groups excluding tert-OH is 1. The molecule has 1 amide bonds. The molecule has 1 saturated heterocycles. The number of amides is 1. The first-order valence-electron chi connectivity index (χ1n) is 4.82. The molecular weight excluding hydrogens is 202 g/mol. The van der Waals surface area contributed by atoms with Crippen molar-refractivity contribution in [1.29, 1.82) is 0 Å². The van der Waals surface area contributed by atoms with Gasteiger partial charge in [-0.25, -0.2) is 4.79 Å². The van der Waals surface area contributed by atoms with E-state index < -0.39 is 18.6 Å². The van der Waals surface area contributed by atoms with Crippen molar-refractivity contribution >= 4 is 11.9 Å². The summed E-state index contributed by atoms with van der Waals surface area (Å²) in [5, 5.41) is 19.6. The van der Waals surface area contributed by atoms with Crippen LogP contribution in [0.4, 0.5) is 0 Å². The molecule has 0 radical (unpaired) electrons. The Morgan fingerprint density at radius 1 is 1.60 bits per heavy atom. The van der Waals surface area contributed by atoms with Crippen molar-refractivity contribution in [3.8, 4) is 0 Å². The standard InChI is InChI=1S/C9H15NO5/c1-5-6(2-3-15-5)8(12)10-7(4-11)9(13)14/h5-7,11H,2-4H2,1H3,(H,10,12)(H,13,14)/t5?,6?,7-/m0/s1. The second kappa shape index (κ2) is 5.09. The van der Waals surface area contributed by atoms with Gasteiger partial charge in [0.25, 0.3) is 0 Å². The number of carbonyl (C=O) groups excluding carboxylic acids is 1. The van der Waals surface area contributed by atoms with E-state index in [2.05, 4.69) is 5.32 Å². The van der Waals surface area contributed by atoms with E-state index in [0.29, 0.717) is 13.0 Å². The summed E-state index contributed by atoms with van der Waals surface area (Å²) >= 11 is 0. The fourth-order valence-electron chi connectivity index (χ4n) is 1.54. The molecule has 3 N–H and O–H groups in total. The van der Waals surface area contributed by atoms with E-state index in [0.717, 1.165) is 0 Å². The highest BCUT2D eigenvalue weighted by molar-refractivity contribution is 5.85. The summed E-state index contributed by atoms with van der Waals surface area (Å²) in [7, 11) is 0. The van der Waals surface area contributed by atoms with E-state index in [1.165, 1.54) is 0 Å². The molecule has 6 heteroatoms. The van der Waals surface area contributed by atoms with Crippen molar-refractivity contribution in [2.24, 2.45) is 5.92 Å². The Morgan fingerprint density at radius 3 is 2.67 bits per heavy atom. The van der Waals surface area contributed by atoms with Crippen LogP contribution in [0, 0.1) is 5.92 Å². The Morgan fingerprint density at radius 2 is 2.27 bits per heavy atom. The number of carboxylic acids is 1. The van der Waals surface area contributed by atoms with Crippen molar-refractivity contribution in [2.45, 2.75) is 25.5 Å². The second-order valence-corrected chi connectivity index (χ2v) is 3.55. The van der Waals surface area contributed by atoms with Gasteiger partial charge in [-0.15, -0.1) is 0 Å². The third-order valence-corrected chi connectivity index (χ3v) is 2.51. The smallest absolute Gasteiger partial charge is 0.328 e. The third kappa shape index (κ3) is 2.90. The molecule has 0 aromatic rings. The minimum atomic E-state index is -1.24. The highest BCUT2D eigenvalue weighted by atomic mass is 16.5. The largest absolute Gasteiger partial charge is 0.480 e. The lowest BCUT2D eigenvalue weighted by atomic mass is 10.0. The molecule has 3 atom stereocenters. The van der Waals surface area contributed by atoms with E-state index in [9.17, 15) is 9.59 Å². The summed E-state index contributed by atoms with van der Waals surface area (Å²) in [6, 6.07) is -1.23. The molecule has 2 unspecified atom stereocenters. The van der Waals surface area contributed by atoms with Gasteiger partial charge in [0, 0.05) is 6.61 Å². The monoisotopic (exact) mass is 217 g/mol. The zero-order valence-corrected chi connectivity index (χ0v) is 8.47. The summed E-state index contributed by atoms with van der Waals surface area (Å²) in [5.74, 6) is -1.93. The molecular formula is C9H15NO5. The van der Waals surface area contributed by atoms with Crippen molar-refractivity contribution in [3.63, 3.8) is 0 Å². The molecule has 1 rings (SSSR count). The molecule has 0 bridgehead atoms. The molecule has 1 aliphatic heterocycles. The highest BCUT2D eigenvalue weighted by Gasteiger charge is 2.32. The van der Waals surface area contributed by atoms with Gasteiger partial charge in [-0.05, 0) is 13.3 Å². The number of carboxylic acid groups (broad SMARTS) is 1. The van der Waals surface area contributed by atoms with Crippen LogP contribution in [0.2, 0.25) is 0 Å². The van der Waals surface area contributed by atoms with Crippen molar-refractivity contribution in [1.82, 2.24) is 5.32 Å². The van der Waals surface area contributed by atoms with Gasteiger partial charge in [0.05, 0.1) is 18.6 Å². The third-order valence-electron chi connectivity index (χ3n) is 2.51. The molecule has 1 heterocycles. The summed E-state index contributed by atoms with van der Waals surface area (Å²) < 4.78 is 5.19. The second-order valence-electron chi connectivity index (χ2n) is 3.55. The SMILES string of the molecule is CC1OCCC1C(=O)N[C@@H](CO)C(=O)O. The Balaban J connectivity index is 2.50. The van der Waals surface area contributed by atoms with Crippen LogP contribution in [-0.4, -0.2) is 47.4 Å².